The average molecular weight is 128 g/mol. The minimum Gasteiger partial charge on any atom is -0.378 e. The van der Waals surface area contributed by atoms with Gasteiger partial charge in [-0.1, -0.05) is 13.8 Å². The predicted molar refractivity (Wildman–Crippen MR) is 38.4 cm³/mol. The van der Waals surface area contributed by atoms with E-state index in [4.69, 9.17) is 4.74 Å². The molecule has 0 N–H and O–H groups in total. The Kier molecular flexibility index (Phi) is 2.52. The van der Waals surface area contributed by atoms with E-state index >= 15 is 0 Å². The summed E-state index contributed by atoms with van der Waals surface area (Å²) in [5, 5.41) is 0. The van der Waals surface area contributed by atoms with E-state index in [1.165, 1.54) is 19.3 Å². The molecule has 9 heavy (non-hydrogen) atoms. The normalized spacial score (nSPS) is 38.0. The zero-order chi connectivity index (χ0) is 6.69. The number of fused-ring (bicyclic) bond motifs is 2. The fraction of sp³-hybridized carbons (Fsp3) is 1.00. The van der Waals surface area contributed by atoms with Crippen molar-refractivity contribution in [3.05, 3.63) is 0 Å². The molecular weight excluding hydrogens is 112 g/mol. The minimum atomic E-state index is 0.671. The number of ether oxygens (including phenoxy) is 1. The first-order chi connectivity index (χ1) is 4.45. The van der Waals surface area contributed by atoms with Crippen molar-refractivity contribution >= 4 is 0 Å². The quantitative estimate of drug-likeness (QED) is 0.486. The maximum atomic E-state index is 5.35. The molecule has 2 atom stereocenters. The van der Waals surface area contributed by atoms with Crippen LogP contribution in [0.15, 0.2) is 0 Å². The SMILES string of the molecule is C1CC2CC1CO2.CC. The van der Waals surface area contributed by atoms with Gasteiger partial charge in [0.25, 0.3) is 0 Å². The molecule has 1 nitrogen and oxygen atoms in total. The highest BCUT2D eigenvalue weighted by molar-refractivity contribution is 4.81. The summed E-state index contributed by atoms with van der Waals surface area (Å²) in [7, 11) is 0. The van der Waals surface area contributed by atoms with Gasteiger partial charge >= 0.3 is 0 Å². The first kappa shape index (κ1) is 7.07. The van der Waals surface area contributed by atoms with Gasteiger partial charge in [0.15, 0.2) is 0 Å². The summed E-state index contributed by atoms with van der Waals surface area (Å²) in [5.74, 6) is 0.949. The summed E-state index contributed by atoms with van der Waals surface area (Å²) in [6.07, 6.45) is 4.81. The van der Waals surface area contributed by atoms with Crippen molar-refractivity contribution < 1.29 is 4.74 Å². The third kappa shape index (κ3) is 1.45. The molecule has 0 aromatic carbocycles. The highest BCUT2D eigenvalue weighted by Crippen LogP contribution is 2.34. The topological polar surface area (TPSA) is 9.23 Å². The van der Waals surface area contributed by atoms with Crippen molar-refractivity contribution in [1.29, 1.82) is 0 Å². The van der Waals surface area contributed by atoms with E-state index in [1.54, 1.807) is 0 Å². The van der Waals surface area contributed by atoms with Gasteiger partial charge < -0.3 is 4.74 Å². The van der Waals surface area contributed by atoms with E-state index in [2.05, 4.69) is 0 Å². The minimum absolute atomic E-state index is 0.671. The second-order valence-electron chi connectivity index (χ2n) is 2.63. The van der Waals surface area contributed by atoms with Gasteiger partial charge in [0.05, 0.1) is 6.10 Å². The van der Waals surface area contributed by atoms with E-state index in [9.17, 15) is 0 Å². The van der Waals surface area contributed by atoms with Crippen LogP contribution >= 0.6 is 0 Å². The highest BCUT2D eigenvalue weighted by Gasteiger charge is 2.31. The van der Waals surface area contributed by atoms with Crippen molar-refractivity contribution in [3.63, 3.8) is 0 Å². The second kappa shape index (κ2) is 3.21. The standard InChI is InChI=1S/C6H10O.C2H6/c1-2-6-3-5(1)4-7-6;1-2/h5-6H,1-4H2;1-2H3. The van der Waals surface area contributed by atoms with Gasteiger partial charge in [-0.3, -0.25) is 0 Å². The largest absolute Gasteiger partial charge is 0.378 e. The number of hydrogen-bond acceptors (Lipinski definition) is 1. The Morgan fingerprint density at radius 2 is 2.00 bits per heavy atom. The summed E-state index contributed by atoms with van der Waals surface area (Å²) in [4.78, 5) is 0. The monoisotopic (exact) mass is 128 g/mol. The van der Waals surface area contributed by atoms with Crippen LogP contribution in [0.4, 0.5) is 0 Å². The number of hydrogen-bond donors (Lipinski definition) is 0. The van der Waals surface area contributed by atoms with Crippen LogP contribution in [0.1, 0.15) is 33.1 Å². The molecule has 1 saturated heterocycles. The Balaban J connectivity index is 0.000000186. The van der Waals surface area contributed by atoms with Gasteiger partial charge in [-0.05, 0) is 25.2 Å². The van der Waals surface area contributed by atoms with Crippen LogP contribution in [-0.4, -0.2) is 12.7 Å². The van der Waals surface area contributed by atoms with Crippen LogP contribution in [0.2, 0.25) is 0 Å². The van der Waals surface area contributed by atoms with Gasteiger partial charge in [0.2, 0.25) is 0 Å². The maximum Gasteiger partial charge on any atom is 0.0578 e. The fourth-order valence-corrected chi connectivity index (χ4v) is 1.60. The van der Waals surface area contributed by atoms with Crippen LogP contribution < -0.4 is 0 Å². The molecule has 54 valence electrons. The van der Waals surface area contributed by atoms with Crippen molar-refractivity contribution in [3.8, 4) is 0 Å². The van der Waals surface area contributed by atoms with Crippen molar-refractivity contribution in [2.45, 2.75) is 39.2 Å². The van der Waals surface area contributed by atoms with Crippen molar-refractivity contribution in [1.82, 2.24) is 0 Å². The van der Waals surface area contributed by atoms with E-state index in [1.807, 2.05) is 13.8 Å². The van der Waals surface area contributed by atoms with E-state index in [-0.39, 0.29) is 0 Å². The Hall–Kier alpha value is -0.0400. The average Bonchev–Trinajstić information content (AvgIpc) is 2.53. The summed E-state index contributed by atoms with van der Waals surface area (Å²) in [5.41, 5.74) is 0. The van der Waals surface area contributed by atoms with Crippen LogP contribution in [0.25, 0.3) is 0 Å². The molecule has 0 aromatic heterocycles. The van der Waals surface area contributed by atoms with E-state index in [0.29, 0.717) is 6.10 Å². The summed E-state index contributed by atoms with van der Waals surface area (Å²) in [6.45, 7) is 5.06. The molecule has 1 saturated carbocycles. The molecule has 0 amide bonds. The van der Waals surface area contributed by atoms with Crippen LogP contribution in [0.5, 0.6) is 0 Å². The Morgan fingerprint density at radius 1 is 1.22 bits per heavy atom. The predicted octanol–water partition coefficient (Wildman–Crippen LogP) is 2.21. The Bertz CT molecular complexity index is 62.6. The summed E-state index contributed by atoms with van der Waals surface area (Å²) < 4.78 is 5.35. The summed E-state index contributed by atoms with van der Waals surface area (Å²) >= 11 is 0. The van der Waals surface area contributed by atoms with Gasteiger partial charge in [0, 0.05) is 6.61 Å². The molecule has 0 aromatic rings. The van der Waals surface area contributed by atoms with Crippen LogP contribution in [-0.2, 0) is 4.74 Å². The molecule has 2 aliphatic rings. The Labute approximate surface area is 57.4 Å². The lowest BCUT2D eigenvalue weighted by molar-refractivity contribution is 0.0775. The van der Waals surface area contributed by atoms with Crippen LogP contribution in [0, 0.1) is 5.92 Å². The second-order valence-corrected chi connectivity index (χ2v) is 2.63. The molecular formula is C8H16O. The smallest absolute Gasteiger partial charge is 0.0578 e. The molecule has 2 fully saturated rings. The molecule has 1 aliphatic carbocycles. The zero-order valence-electron chi connectivity index (χ0n) is 6.39. The van der Waals surface area contributed by atoms with E-state index < -0.39 is 0 Å². The van der Waals surface area contributed by atoms with Crippen molar-refractivity contribution in [2.24, 2.45) is 5.92 Å². The molecule has 2 bridgehead atoms. The molecule has 0 spiro atoms. The molecule has 1 aliphatic heterocycles. The molecule has 1 heterocycles. The third-order valence-corrected chi connectivity index (χ3v) is 2.06. The first-order valence-corrected chi connectivity index (χ1v) is 4.07. The maximum absolute atomic E-state index is 5.35. The zero-order valence-corrected chi connectivity index (χ0v) is 6.39. The van der Waals surface area contributed by atoms with Crippen molar-refractivity contribution in [2.75, 3.05) is 6.61 Å². The van der Waals surface area contributed by atoms with Gasteiger partial charge in [-0.15, -0.1) is 0 Å². The highest BCUT2D eigenvalue weighted by atomic mass is 16.5. The Morgan fingerprint density at radius 3 is 2.11 bits per heavy atom. The van der Waals surface area contributed by atoms with E-state index in [0.717, 1.165) is 12.5 Å². The lowest BCUT2D eigenvalue weighted by Crippen LogP contribution is -2.05. The first-order valence-electron chi connectivity index (χ1n) is 4.07. The lowest BCUT2D eigenvalue weighted by Gasteiger charge is -2.07. The van der Waals surface area contributed by atoms with Gasteiger partial charge in [0.1, 0.15) is 0 Å². The molecule has 2 rings (SSSR count). The third-order valence-electron chi connectivity index (χ3n) is 2.06. The van der Waals surface area contributed by atoms with Crippen LogP contribution in [0.3, 0.4) is 0 Å². The number of rotatable bonds is 0. The van der Waals surface area contributed by atoms with Gasteiger partial charge in [-0.25, -0.2) is 0 Å². The molecule has 2 unspecified atom stereocenters. The molecule has 1 heteroatoms. The summed E-state index contributed by atoms with van der Waals surface area (Å²) in [6, 6.07) is 0. The molecule has 0 radical (unpaired) electrons. The van der Waals surface area contributed by atoms with Gasteiger partial charge in [-0.2, -0.15) is 0 Å². The lowest BCUT2D eigenvalue weighted by atomic mass is 10.1. The fourth-order valence-electron chi connectivity index (χ4n) is 1.60.